The van der Waals surface area contributed by atoms with Crippen LogP contribution < -0.4 is 4.72 Å². The van der Waals surface area contributed by atoms with Crippen LogP contribution in [-0.2, 0) is 0 Å². The third-order valence-electron chi connectivity index (χ3n) is 1.91. The Bertz CT molecular complexity index is 392. The summed E-state index contributed by atoms with van der Waals surface area (Å²) in [6.45, 7) is 0. The highest BCUT2D eigenvalue weighted by atomic mass is 32.1. The quantitative estimate of drug-likeness (QED) is 0.635. The summed E-state index contributed by atoms with van der Waals surface area (Å²) in [4.78, 5) is 0. The molecule has 0 aromatic heterocycles. The molecule has 0 aliphatic carbocycles. The molecule has 0 saturated carbocycles. The van der Waals surface area contributed by atoms with Gasteiger partial charge < -0.3 is 4.72 Å². The zero-order chi connectivity index (χ0) is 8.39. The standard InChI is InChI=1S/C10H9NS/c12-11-10-7-3-5-8-4-1-2-6-9(8)10/h1-7,11-12H. The molecule has 60 valence electrons. The number of hydrogen-bond acceptors (Lipinski definition) is 2. The van der Waals surface area contributed by atoms with Gasteiger partial charge in [0.25, 0.3) is 0 Å². The van der Waals surface area contributed by atoms with Crippen LogP contribution in [0.2, 0.25) is 0 Å². The predicted octanol–water partition coefficient (Wildman–Crippen LogP) is 3.10. The van der Waals surface area contributed by atoms with E-state index in [9.17, 15) is 0 Å². The maximum Gasteiger partial charge on any atom is 0.0517 e. The lowest BCUT2D eigenvalue weighted by molar-refractivity contribution is 1.73. The van der Waals surface area contributed by atoms with Gasteiger partial charge in [-0.15, -0.1) is 0 Å². The van der Waals surface area contributed by atoms with Crippen molar-refractivity contribution in [1.29, 1.82) is 0 Å². The minimum absolute atomic E-state index is 1.05. The van der Waals surface area contributed by atoms with Gasteiger partial charge in [0.2, 0.25) is 0 Å². The van der Waals surface area contributed by atoms with Crippen LogP contribution in [0.15, 0.2) is 42.5 Å². The van der Waals surface area contributed by atoms with Crippen LogP contribution >= 0.6 is 12.8 Å². The van der Waals surface area contributed by atoms with Crippen molar-refractivity contribution in [1.82, 2.24) is 0 Å². The maximum atomic E-state index is 4.04. The Labute approximate surface area is 77.0 Å². The summed E-state index contributed by atoms with van der Waals surface area (Å²) in [6, 6.07) is 14.3. The smallest absolute Gasteiger partial charge is 0.0517 e. The first-order valence-electron chi connectivity index (χ1n) is 3.79. The van der Waals surface area contributed by atoms with Gasteiger partial charge in [0.1, 0.15) is 0 Å². The van der Waals surface area contributed by atoms with Crippen molar-refractivity contribution < 1.29 is 0 Å². The van der Waals surface area contributed by atoms with Crippen LogP contribution in [0.3, 0.4) is 0 Å². The maximum absolute atomic E-state index is 4.04. The first kappa shape index (κ1) is 7.50. The Balaban J connectivity index is 2.79. The number of hydrogen-bond donors (Lipinski definition) is 2. The normalized spacial score (nSPS) is 10.1. The summed E-state index contributed by atoms with van der Waals surface area (Å²) < 4.78 is 2.86. The van der Waals surface area contributed by atoms with E-state index in [1.807, 2.05) is 24.3 Å². The first-order chi connectivity index (χ1) is 5.92. The summed E-state index contributed by atoms with van der Waals surface area (Å²) in [7, 11) is 0. The highest BCUT2D eigenvalue weighted by molar-refractivity contribution is 7.81. The second-order valence-electron chi connectivity index (χ2n) is 2.64. The minimum atomic E-state index is 1.05. The van der Waals surface area contributed by atoms with E-state index in [1.54, 1.807) is 0 Å². The number of benzene rings is 2. The van der Waals surface area contributed by atoms with E-state index in [0.29, 0.717) is 0 Å². The summed E-state index contributed by atoms with van der Waals surface area (Å²) in [6.07, 6.45) is 0. The molecule has 0 heterocycles. The Morgan fingerprint density at radius 1 is 0.917 bits per heavy atom. The fourth-order valence-corrected chi connectivity index (χ4v) is 1.52. The molecule has 0 spiro atoms. The molecule has 0 aliphatic heterocycles. The predicted molar refractivity (Wildman–Crippen MR) is 56.6 cm³/mol. The van der Waals surface area contributed by atoms with Crippen molar-refractivity contribution >= 4 is 29.3 Å². The minimum Gasteiger partial charge on any atom is -0.332 e. The van der Waals surface area contributed by atoms with Crippen LogP contribution in [0.1, 0.15) is 0 Å². The van der Waals surface area contributed by atoms with Crippen LogP contribution in [0, 0.1) is 0 Å². The Morgan fingerprint density at radius 3 is 2.50 bits per heavy atom. The molecule has 0 bridgehead atoms. The van der Waals surface area contributed by atoms with Crippen molar-refractivity contribution in [3.05, 3.63) is 42.5 Å². The lowest BCUT2D eigenvalue weighted by Gasteiger charge is -2.03. The van der Waals surface area contributed by atoms with Gasteiger partial charge in [-0.1, -0.05) is 49.2 Å². The van der Waals surface area contributed by atoms with E-state index in [2.05, 4.69) is 35.7 Å². The second kappa shape index (κ2) is 3.07. The number of nitrogens with one attached hydrogen (secondary N) is 1. The van der Waals surface area contributed by atoms with Gasteiger partial charge in [-0.2, -0.15) is 0 Å². The molecule has 2 heteroatoms. The Morgan fingerprint density at radius 2 is 1.67 bits per heavy atom. The molecule has 12 heavy (non-hydrogen) atoms. The van der Waals surface area contributed by atoms with Crippen molar-refractivity contribution in [3.8, 4) is 0 Å². The molecule has 0 amide bonds. The molecular formula is C10H9NS. The Kier molecular flexibility index (Phi) is 1.92. The lowest BCUT2D eigenvalue weighted by atomic mass is 10.1. The largest absolute Gasteiger partial charge is 0.332 e. The summed E-state index contributed by atoms with van der Waals surface area (Å²) in [5, 5.41) is 2.44. The van der Waals surface area contributed by atoms with E-state index >= 15 is 0 Å². The van der Waals surface area contributed by atoms with Gasteiger partial charge in [0.05, 0.1) is 5.69 Å². The molecule has 0 unspecified atom stereocenters. The van der Waals surface area contributed by atoms with Crippen LogP contribution in [0.25, 0.3) is 10.8 Å². The van der Waals surface area contributed by atoms with Gasteiger partial charge in [0.15, 0.2) is 0 Å². The van der Waals surface area contributed by atoms with Crippen LogP contribution in [0.5, 0.6) is 0 Å². The number of rotatable bonds is 1. The van der Waals surface area contributed by atoms with Gasteiger partial charge in [-0.05, 0) is 11.5 Å². The fourth-order valence-electron chi connectivity index (χ4n) is 1.32. The molecule has 0 atom stereocenters. The monoisotopic (exact) mass is 175 g/mol. The van der Waals surface area contributed by atoms with Gasteiger partial charge >= 0.3 is 0 Å². The van der Waals surface area contributed by atoms with Gasteiger partial charge in [-0.3, -0.25) is 0 Å². The third-order valence-corrected chi connectivity index (χ3v) is 2.15. The SMILES string of the molecule is SNc1cccc2ccccc12. The highest BCUT2D eigenvalue weighted by Gasteiger charge is 1.95. The molecule has 0 aliphatic rings. The summed E-state index contributed by atoms with van der Waals surface area (Å²) >= 11 is 4.04. The molecule has 2 rings (SSSR count). The zero-order valence-corrected chi connectivity index (χ0v) is 7.38. The van der Waals surface area contributed by atoms with Crippen LogP contribution in [0.4, 0.5) is 5.69 Å². The van der Waals surface area contributed by atoms with E-state index < -0.39 is 0 Å². The van der Waals surface area contributed by atoms with E-state index in [4.69, 9.17) is 0 Å². The number of anilines is 1. The molecule has 0 fully saturated rings. The zero-order valence-electron chi connectivity index (χ0n) is 6.49. The van der Waals surface area contributed by atoms with Crippen molar-refractivity contribution in [2.75, 3.05) is 4.72 Å². The molecule has 1 nitrogen and oxygen atoms in total. The number of fused-ring (bicyclic) bond motifs is 1. The van der Waals surface area contributed by atoms with Crippen molar-refractivity contribution in [2.45, 2.75) is 0 Å². The van der Waals surface area contributed by atoms with Crippen molar-refractivity contribution in [2.24, 2.45) is 0 Å². The number of thiol groups is 1. The van der Waals surface area contributed by atoms with Gasteiger partial charge in [0, 0.05) is 5.39 Å². The average Bonchev–Trinajstić information content (AvgIpc) is 2.17. The molecule has 2 aromatic carbocycles. The van der Waals surface area contributed by atoms with Crippen molar-refractivity contribution in [3.63, 3.8) is 0 Å². The van der Waals surface area contributed by atoms with E-state index in [0.717, 1.165) is 5.69 Å². The fraction of sp³-hybridized carbons (Fsp3) is 0. The first-order valence-corrected chi connectivity index (χ1v) is 4.24. The summed E-state index contributed by atoms with van der Waals surface area (Å²) in [5.41, 5.74) is 1.05. The third kappa shape index (κ3) is 1.14. The summed E-state index contributed by atoms with van der Waals surface area (Å²) in [5.74, 6) is 0. The molecular weight excluding hydrogens is 166 g/mol. The molecule has 2 aromatic rings. The topological polar surface area (TPSA) is 12.0 Å². The molecule has 0 saturated heterocycles. The molecule has 1 N–H and O–H groups in total. The lowest BCUT2D eigenvalue weighted by Crippen LogP contribution is -1.81. The van der Waals surface area contributed by atoms with E-state index in [1.165, 1.54) is 10.8 Å². The van der Waals surface area contributed by atoms with Crippen LogP contribution in [-0.4, -0.2) is 0 Å². The van der Waals surface area contributed by atoms with E-state index in [-0.39, 0.29) is 0 Å². The second-order valence-corrected chi connectivity index (χ2v) is 2.86. The molecule has 0 radical (unpaired) electrons. The average molecular weight is 175 g/mol. The highest BCUT2D eigenvalue weighted by Crippen LogP contribution is 2.22. The van der Waals surface area contributed by atoms with Gasteiger partial charge in [-0.25, -0.2) is 0 Å². The Hall–Kier alpha value is -1.15.